The van der Waals surface area contributed by atoms with Crippen LogP contribution in [0.15, 0.2) is 24.3 Å². The van der Waals surface area contributed by atoms with E-state index in [1.54, 1.807) is 26.0 Å². The number of benzene rings is 1. The lowest BCUT2D eigenvalue weighted by Crippen LogP contribution is -2.34. The van der Waals surface area contributed by atoms with Crippen molar-refractivity contribution in [2.45, 2.75) is 26.3 Å². The molecule has 2 aromatic rings. The molecule has 0 spiro atoms. The summed E-state index contributed by atoms with van der Waals surface area (Å²) in [4.78, 5) is 28.3. The van der Waals surface area contributed by atoms with Crippen molar-refractivity contribution in [3.05, 3.63) is 40.7 Å². The number of amides is 1. The summed E-state index contributed by atoms with van der Waals surface area (Å²) in [6.45, 7) is 3.47. The molecule has 1 unspecified atom stereocenters. The molecule has 1 amide bonds. The van der Waals surface area contributed by atoms with Crippen LogP contribution in [0, 0.1) is 12.7 Å². The average molecular weight is 336 g/mol. The molecule has 5 nitrogen and oxygen atoms in total. The Bertz CT molecular complexity index is 713. The van der Waals surface area contributed by atoms with Crippen molar-refractivity contribution in [1.82, 2.24) is 10.3 Å². The first kappa shape index (κ1) is 17.1. The minimum atomic E-state index is -0.383. The van der Waals surface area contributed by atoms with E-state index in [-0.39, 0.29) is 30.2 Å². The summed E-state index contributed by atoms with van der Waals surface area (Å²) in [6.07, 6.45) is 0.102. The van der Waals surface area contributed by atoms with E-state index in [2.05, 4.69) is 15.0 Å². The maximum absolute atomic E-state index is 13.0. The zero-order valence-corrected chi connectivity index (χ0v) is 13.9. The molecule has 122 valence electrons. The Morgan fingerprint density at radius 3 is 2.61 bits per heavy atom. The molecule has 1 atom stereocenters. The van der Waals surface area contributed by atoms with Crippen LogP contribution in [0.2, 0.25) is 0 Å². The zero-order chi connectivity index (χ0) is 17.0. The standard InChI is InChI=1S/C16H17FN2O3S/c1-9(8-13(20)22-3)18-15(21)14-10(2)19-16(23-14)11-4-6-12(17)7-5-11/h4-7,9H,8H2,1-3H3,(H,18,21). The minimum absolute atomic E-state index is 0.102. The number of hydrogen-bond acceptors (Lipinski definition) is 5. The number of methoxy groups -OCH3 is 1. The molecule has 0 aliphatic carbocycles. The van der Waals surface area contributed by atoms with E-state index < -0.39 is 0 Å². The molecule has 0 saturated heterocycles. The summed E-state index contributed by atoms with van der Waals surface area (Å²) in [5.74, 6) is -0.993. The second kappa shape index (κ2) is 7.32. The number of aryl methyl sites for hydroxylation is 1. The molecule has 0 aliphatic rings. The van der Waals surface area contributed by atoms with Crippen LogP contribution in [0.4, 0.5) is 4.39 Å². The molecule has 0 bridgehead atoms. The van der Waals surface area contributed by atoms with Crippen LogP contribution in [0.5, 0.6) is 0 Å². The van der Waals surface area contributed by atoms with E-state index >= 15 is 0 Å². The molecule has 0 aliphatic heterocycles. The van der Waals surface area contributed by atoms with Gasteiger partial charge in [0.05, 0.1) is 19.2 Å². The minimum Gasteiger partial charge on any atom is -0.469 e. The van der Waals surface area contributed by atoms with Crippen molar-refractivity contribution in [2.24, 2.45) is 0 Å². The smallest absolute Gasteiger partial charge is 0.307 e. The number of esters is 1. The van der Waals surface area contributed by atoms with Gasteiger partial charge in [-0.05, 0) is 38.1 Å². The van der Waals surface area contributed by atoms with Gasteiger partial charge in [-0.15, -0.1) is 11.3 Å². The Hall–Kier alpha value is -2.28. The third-order valence-electron chi connectivity index (χ3n) is 3.17. The van der Waals surface area contributed by atoms with E-state index in [0.717, 1.165) is 5.56 Å². The summed E-state index contributed by atoms with van der Waals surface area (Å²) >= 11 is 1.23. The summed E-state index contributed by atoms with van der Waals surface area (Å²) < 4.78 is 17.5. The van der Waals surface area contributed by atoms with Crippen LogP contribution in [-0.4, -0.2) is 30.0 Å². The van der Waals surface area contributed by atoms with Crippen molar-refractivity contribution in [2.75, 3.05) is 7.11 Å². The largest absolute Gasteiger partial charge is 0.469 e. The fourth-order valence-electron chi connectivity index (χ4n) is 2.00. The normalized spacial score (nSPS) is 11.8. The van der Waals surface area contributed by atoms with Crippen LogP contribution in [0.3, 0.4) is 0 Å². The number of halogens is 1. The highest BCUT2D eigenvalue weighted by molar-refractivity contribution is 7.17. The van der Waals surface area contributed by atoms with Gasteiger partial charge in [0.2, 0.25) is 0 Å². The second-order valence-corrected chi connectivity index (χ2v) is 6.09. The van der Waals surface area contributed by atoms with E-state index in [1.807, 2.05) is 0 Å². The fourth-order valence-corrected chi connectivity index (χ4v) is 2.97. The molecule has 1 N–H and O–H groups in total. The number of rotatable bonds is 5. The van der Waals surface area contributed by atoms with Gasteiger partial charge in [-0.25, -0.2) is 9.37 Å². The number of nitrogens with zero attached hydrogens (tertiary/aromatic N) is 1. The van der Waals surface area contributed by atoms with Crippen molar-refractivity contribution < 1.29 is 18.7 Å². The van der Waals surface area contributed by atoms with Crippen molar-refractivity contribution in [1.29, 1.82) is 0 Å². The summed E-state index contributed by atoms with van der Waals surface area (Å²) in [6, 6.07) is 5.60. The predicted octanol–water partition coefficient (Wildman–Crippen LogP) is 2.94. The lowest BCUT2D eigenvalue weighted by Gasteiger charge is -2.11. The van der Waals surface area contributed by atoms with E-state index in [0.29, 0.717) is 15.6 Å². The van der Waals surface area contributed by atoms with Gasteiger partial charge in [-0.1, -0.05) is 0 Å². The lowest BCUT2D eigenvalue weighted by molar-refractivity contribution is -0.141. The van der Waals surface area contributed by atoms with Crippen molar-refractivity contribution >= 4 is 23.2 Å². The number of thiazole rings is 1. The topological polar surface area (TPSA) is 68.3 Å². The van der Waals surface area contributed by atoms with E-state index in [4.69, 9.17) is 0 Å². The second-order valence-electron chi connectivity index (χ2n) is 5.10. The average Bonchev–Trinajstić information content (AvgIpc) is 2.89. The zero-order valence-electron chi connectivity index (χ0n) is 13.1. The lowest BCUT2D eigenvalue weighted by atomic mass is 10.2. The van der Waals surface area contributed by atoms with Crippen LogP contribution < -0.4 is 5.32 Å². The molecular weight excluding hydrogens is 319 g/mol. The summed E-state index contributed by atoms with van der Waals surface area (Å²) in [7, 11) is 1.30. The van der Waals surface area contributed by atoms with Gasteiger partial charge in [0, 0.05) is 11.6 Å². The summed E-state index contributed by atoms with van der Waals surface area (Å²) in [5, 5.41) is 3.39. The Kier molecular flexibility index (Phi) is 5.44. The van der Waals surface area contributed by atoms with E-state index in [9.17, 15) is 14.0 Å². The number of hydrogen-bond donors (Lipinski definition) is 1. The van der Waals surface area contributed by atoms with Gasteiger partial charge < -0.3 is 10.1 Å². The Balaban J connectivity index is 2.12. The molecule has 23 heavy (non-hydrogen) atoms. The van der Waals surface area contributed by atoms with Crippen LogP contribution in [-0.2, 0) is 9.53 Å². The molecule has 1 heterocycles. The number of nitrogens with one attached hydrogen (secondary N) is 1. The maximum atomic E-state index is 13.0. The highest BCUT2D eigenvalue weighted by atomic mass is 32.1. The number of ether oxygens (including phenoxy) is 1. The first-order valence-electron chi connectivity index (χ1n) is 7.01. The third-order valence-corrected chi connectivity index (χ3v) is 4.38. The highest BCUT2D eigenvalue weighted by Crippen LogP contribution is 2.28. The molecule has 2 rings (SSSR count). The Morgan fingerprint density at radius 2 is 2.00 bits per heavy atom. The number of carbonyl (C=O) groups excluding carboxylic acids is 2. The molecular formula is C16H17FN2O3S. The van der Waals surface area contributed by atoms with Crippen LogP contribution in [0.1, 0.15) is 28.7 Å². The number of carbonyl (C=O) groups is 2. The SMILES string of the molecule is COC(=O)CC(C)NC(=O)c1sc(-c2ccc(F)cc2)nc1C. The molecule has 1 aromatic carbocycles. The van der Waals surface area contributed by atoms with Crippen LogP contribution in [0.25, 0.3) is 10.6 Å². The van der Waals surface area contributed by atoms with Crippen molar-refractivity contribution in [3.8, 4) is 10.6 Å². The predicted molar refractivity (Wildman–Crippen MR) is 85.8 cm³/mol. The van der Waals surface area contributed by atoms with Gasteiger partial charge in [0.15, 0.2) is 0 Å². The van der Waals surface area contributed by atoms with Gasteiger partial charge in [-0.3, -0.25) is 9.59 Å². The highest BCUT2D eigenvalue weighted by Gasteiger charge is 2.19. The van der Waals surface area contributed by atoms with E-state index in [1.165, 1.54) is 30.6 Å². The number of aromatic nitrogens is 1. The van der Waals surface area contributed by atoms with Gasteiger partial charge >= 0.3 is 5.97 Å². The molecule has 0 fully saturated rings. The maximum Gasteiger partial charge on any atom is 0.307 e. The monoisotopic (exact) mass is 336 g/mol. The van der Waals surface area contributed by atoms with Gasteiger partial charge in [0.25, 0.3) is 5.91 Å². The third kappa shape index (κ3) is 4.35. The molecule has 0 saturated carbocycles. The van der Waals surface area contributed by atoms with Crippen molar-refractivity contribution in [3.63, 3.8) is 0 Å². The van der Waals surface area contributed by atoms with Gasteiger partial charge in [-0.2, -0.15) is 0 Å². The molecule has 0 radical (unpaired) electrons. The fraction of sp³-hybridized carbons (Fsp3) is 0.312. The van der Waals surface area contributed by atoms with Gasteiger partial charge in [0.1, 0.15) is 15.7 Å². The molecule has 7 heteroatoms. The first-order valence-corrected chi connectivity index (χ1v) is 7.83. The Morgan fingerprint density at radius 1 is 1.35 bits per heavy atom. The van der Waals surface area contributed by atoms with Crippen LogP contribution >= 0.6 is 11.3 Å². The Labute approximate surface area is 137 Å². The quantitative estimate of drug-likeness (QED) is 0.853. The molecule has 1 aromatic heterocycles. The first-order chi connectivity index (χ1) is 10.9. The summed E-state index contributed by atoms with van der Waals surface area (Å²) in [5.41, 5.74) is 1.35.